The Bertz CT molecular complexity index is 754. The van der Waals surface area contributed by atoms with E-state index in [0.717, 1.165) is 24.5 Å². The molecule has 6 rings (SSSR count). The second kappa shape index (κ2) is 4.88. The van der Waals surface area contributed by atoms with Crippen LogP contribution in [-0.4, -0.2) is 36.9 Å². The van der Waals surface area contributed by atoms with E-state index in [4.69, 9.17) is 4.74 Å². The van der Waals surface area contributed by atoms with Gasteiger partial charge in [0.05, 0.1) is 7.11 Å². The van der Waals surface area contributed by atoms with Gasteiger partial charge in [0.25, 0.3) is 0 Å². The van der Waals surface area contributed by atoms with Crippen molar-refractivity contribution in [3.05, 3.63) is 29.3 Å². The van der Waals surface area contributed by atoms with Crippen LogP contribution in [0.5, 0.6) is 5.75 Å². The van der Waals surface area contributed by atoms with Crippen LogP contribution in [0.3, 0.4) is 0 Å². The van der Waals surface area contributed by atoms with Crippen molar-refractivity contribution in [2.45, 2.75) is 50.0 Å². The number of carbonyl (C=O) groups excluding carboxylic acids is 1. The summed E-state index contributed by atoms with van der Waals surface area (Å²) in [7, 11) is 1.75. The maximum atomic E-state index is 12.8. The number of likely N-dealkylation sites (tertiary alicyclic amines) is 1. The Morgan fingerprint density at radius 3 is 3.00 bits per heavy atom. The number of ketones is 1. The van der Waals surface area contributed by atoms with E-state index in [1.165, 1.54) is 49.9 Å². The highest BCUT2D eigenvalue weighted by molar-refractivity contribution is 5.87. The molecule has 25 heavy (non-hydrogen) atoms. The molecule has 1 aliphatic heterocycles. The maximum absolute atomic E-state index is 12.8. The quantitative estimate of drug-likeness (QED) is 0.848. The van der Waals surface area contributed by atoms with Gasteiger partial charge in [-0.15, -0.1) is 0 Å². The fourth-order valence-electron chi connectivity index (χ4n) is 6.67. The molecular formula is C22H27NO2. The topological polar surface area (TPSA) is 29.5 Å². The molecule has 4 aliphatic carbocycles. The number of fused-ring (bicyclic) bond motifs is 2. The smallest absolute Gasteiger partial charge is 0.137 e. The van der Waals surface area contributed by atoms with Crippen LogP contribution in [0.25, 0.3) is 0 Å². The first-order valence-electron chi connectivity index (χ1n) is 10.1. The normalized spacial score (nSPS) is 41.6. The Labute approximate surface area is 149 Å². The summed E-state index contributed by atoms with van der Waals surface area (Å²) in [6.07, 6.45) is 7.14. The second-order valence-electron chi connectivity index (χ2n) is 9.31. The number of Topliss-reactive ketones (excluding diaryl/α,β-unsaturated/α-hetero) is 1. The van der Waals surface area contributed by atoms with Crippen LogP contribution in [0.4, 0.5) is 0 Å². The summed E-state index contributed by atoms with van der Waals surface area (Å²) in [5.41, 5.74) is 3.04. The van der Waals surface area contributed by atoms with E-state index < -0.39 is 0 Å². The van der Waals surface area contributed by atoms with Gasteiger partial charge in [-0.3, -0.25) is 9.69 Å². The summed E-state index contributed by atoms with van der Waals surface area (Å²) in [6, 6.07) is 7.33. The van der Waals surface area contributed by atoms with E-state index in [9.17, 15) is 4.79 Å². The Morgan fingerprint density at radius 1 is 1.32 bits per heavy atom. The van der Waals surface area contributed by atoms with Gasteiger partial charge in [0, 0.05) is 30.3 Å². The molecule has 0 amide bonds. The molecule has 1 aromatic carbocycles. The number of hydrogen-bond acceptors (Lipinski definition) is 3. The van der Waals surface area contributed by atoms with Gasteiger partial charge in [0.1, 0.15) is 11.5 Å². The molecule has 1 aromatic rings. The first-order chi connectivity index (χ1) is 12.2. The van der Waals surface area contributed by atoms with Gasteiger partial charge in [-0.05, 0) is 79.7 Å². The molecule has 3 unspecified atom stereocenters. The number of methoxy groups -OCH3 is 1. The second-order valence-corrected chi connectivity index (χ2v) is 9.31. The average Bonchev–Trinajstić information content (AvgIpc) is 3.51. The Balaban J connectivity index is 1.48. The molecule has 1 saturated heterocycles. The molecule has 0 radical (unpaired) electrons. The SMILES string of the molecule is COc1ccc2c(c1)C13CCN(CC4CC4)[C@H](C2)[C@@H]1C1CC1C(=O)C3. The average molecular weight is 337 g/mol. The lowest BCUT2D eigenvalue weighted by molar-refractivity contribution is -0.128. The van der Waals surface area contributed by atoms with Crippen molar-refractivity contribution in [3.8, 4) is 5.75 Å². The summed E-state index contributed by atoms with van der Waals surface area (Å²) in [5, 5.41) is 0. The summed E-state index contributed by atoms with van der Waals surface area (Å²) < 4.78 is 5.55. The zero-order valence-electron chi connectivity index (χ0n) is 15.0. The molecule has 2 bridgehead atoms. The lowest BCUT2D eigenvalue weighted by atomic mass is 9.52. The van der Waals surface area contributed by atoms with Crippen LogP contribution >= 0.6 is 0 Å². The molecule has 3 nitrogen and oxygen atoms in total. The molecule has 5 atom stereocenters. The third-order valence-corrected chi connectivity index (χ3v) is 8.04. The molecule has 3 heteroatoms. The van der Waals surface area contributed by atoms with E-state index in [0.29, 0.717) is 29.6 Å². The maximum Gasteiger partial charge on any atom is 0.137 e. The fraction of sp³-hybridized carbons (Fsp3) is 0.682. The monoisotopic (exact) mass is 337 g/mol. The van der Waals surface area contributed by atoms with Crippen LogP contribution in [0, 0.1) is 23.7 Å². The predicted molar refractivity (Wildman–Crippen MR) is 95.8 cm³/mol. The number of ether oxygens (including phenoxy) is 1. The van der Waals surface area contributed by atoms with Crippen LogP contribution in [0.2, 0.25) is 0 Å². The van der Waals surface area contributed by atoms with Crippen molar-refractivity contribution in [1.29, 1.82) is 0 Å². The minimum atomic E-state index is 0.0988. The Hall–Kier alpha value is -1.35. The molecule has 0 spiro atoms. The number of rotatable bonds is 3. The highest BCUT2D eigenvalue weighted by Crippen LogP contribution is 2.65. The molecule has 5 aliphatic rings. The lowest BCUT2D eigenvalue weighted by Crippen LogP contribution is -2.63. The zero-order valence-corrected chi connectivity index (χ0v) is 15.0. The van der Waals surface area contributed by atoms with E-state index in [-0.39, 0.29) is 5.41 Å². The van der Waals surface area contributed by atoms with Gasteiger partial charge in [0.2, 0.25) is 0 Å². The summed E-state index contributed by atoms with van der Waals surface area (Å²) >= 11 is 0. The largest absolute Gasteiger partial charge is 0.497 e. The van der Waals surface area contributed by atoms with Crippen LogP contribution in [0.15, 0.2) is 18.2 Å². The van der Waals surface area contributed by atoms with Crippen LogP contribution in [0.1, 0.15) is 43.2 Å². The van der Waals surface area contributed by atoms with E-state index in [1.54, 1.807) is 7.11 Å². The first-order valence-corrected chi connectivity index (χ1v) is 10.1. The predicted octanol–water partition coefficient (Wildman–Crippen LogP) is 3.20. The van der Waals surface area contributed by atoms with Gasteiger partial charge in [0.15, 0.2) is 0 Å². The minimum Gasteiger partial charge on any atom is -0.497 e. The van der Waals surface area contributed by atoms with Gasteiger partial charge in [-0.2, -0.15) is 0 Å². The third kappa shape index (κ3) is 1.99. The molecule has 3 saturated carbocycles. The molecule has 0 N–H and O–H groups in total. The van der Waals surface area contributed by atoms with Crippen molar-refractivity contribution in [3.63, 3.8) is 0 Å². The highest BCUT2D eigenvalue weighted by Gasteiger charge is 2.66. The molecular weight excluding hydrogens is 310 g/mol. The van der Waals surface area contributed by atoms with E-state index >= 15 is 0 Å². The fourth-order valence-corrected chi connectivity index (χ4v) is 6.67. The first kappa shape index (κ1) is 14.8. The lowest BCUT2D eigenvalue weighted by Gasteiger charge is -2.58. The van der Waals surface area contributed by atoms with E-state index in [2.05, 4.69) is 23.1 Å². The van der Waals surface area contributed by atoms with Gasteiger partial charge in [-0.25, -0.2) is 0 Å². The van der Waals surface area contributed by atoms with Crippen molar-refractivity contribution in [2.24, 2.45) is 23.7 Å². The summed E-state index contributed by atoms with van der Waals surface area (Å²) in [5.74, 6) is 4.20. The van der Waals surface area contributed by atoms with Crippen molar-refractivity contribution >= 4 is 5.78 Å². The highest BCUT2D eigenvalue weighted by atomic mass is 16.5. The third-order valence-electron chi connectivity index (χ3n) is 8.04. The number of piperidine rings is 1. The molecule has 1 heterocycles. The van der Waals surface area contributed by atoms with E-state index in [1.807, 2.05) is 0 Å². The van der Waals surface area contributed by atoms with Crippen molar-refractivity contribution in [2.75, 3.05) is 20.2 Å². The Morgan fingerprint density at radius 2 is 2.20 bits per heavy atom. The number of benzene rings is 1. The van der Waals surface area contributed by atoms with Crippen molar-refractivity contribution in [1.82, 2.24) is 4.90 Å². The Kier molecular flexibility index (Phi) is 2.88. The molecule has 0 aromatic heterocycles. The van der Waals surface area contributed by atoms with Crippen LogP contribution in [-0.2, 0) is 16.6 Å². The van der Waals surface area contributed by atoms with Gasteiger partial charge in [-0.1, -0.05) is 6.07 Å². The van der Waals surface area contributed by atoms with Crippen LogP contribution < -0.4 is 4.74 Å². The van der Waals surface area contributed by atoms with Crippen molar-refractivity contribution < 1.29 is 9.53 Å². The molecule has 132 valence electrons. The summed E-state index contributed by atoms with van der Waals surface area (Å²) in [6.45, 7) is 2.48. The standard InChI is InChI=1S/C22H27NO2/c1-25-15-5-4-14-8-19-21-17-10-16(17)20(24)11-22(21,18(14)9-15)6-7-23(19)12-13-2-3-13/h4-5,9,13,16-17,19,21H,2-3,6-8,10-12H2,1H3/t16?,17?,19-,21+,22?/m1/s1. The number of nitrogens with zero attached hydrogens (tertiary/aromatic N) is 1. The zero-order chi connectivity index (χ0) is 16.8. The summed E-state index contributed by atoms with van der Waals surface area (Å²) in [4.78, 5) is 15.6. The number of carbonyl (C=O) groups is 1. The number of hydrogen-bond donors (Lipinski definition) is 0. The van der Waals surface area contributed by atoms with Gasteiger partial charge >= 0.3 is 0 Å². The minimum absolute atomic E-state index is 0.0988. The molecule has 4 fully saturated rings. The van der Waals surface area contributed by atoms with Gasteiger partial charge < -0.3 is 4.74 Å².